The van der Waals surface area contributed by atoms with Gasteiger partial charge in [0, 0.05) is 18.7 Å². The second-order valence-electron chi connectivity index (χ2n) is 7.43. The number of carbonyl (C=O) groups excluding carboxylic acids is 1. The van der Waals surface area contributed by atoms with Crippen LogP contribution in [0.2, 0.25) is 0 Å². The summed E-state index contributed by atoms with van der Waals surface area (Å²) in [7, 11) is 1.53. The summed E-state index contributed by atoms with van der Waals surface area (Å²) in [6, 6.07) is 18.8. The summed E-state index contributed by atoms with van der Waals surface area (Å²) in [6.07, 6.45) is -0.00866. The molecule has 0 fully saturated rings. The minimum atomic E-state index is -0.962. The monoisotopic (exact) mass is 451 g/mol. The Labute approximate surface area is 192 Å². The highest BCUT2D eigenvalue weighted by atomic mass is 19.1. The molecule has 0 aliphatic heterocycles. The Kier molecular flexibility index (Phi) is 8.55. The number of methoxy groups -OCH3 is 1. The van der Waals surface area contributed by atoms with E-state index in [1.807, 2.05) is 30.3 Å². The van der Waals surface area contributed by atoms with Crippen molar-refractivity contribution in [3.8, 4) is 16.9 Å². The van der Waals surface area contributed by atoms with Gasteiger partial charge in [0.15, 0.2) is 0 Å². The van der Waals surface area contributed by atoms with Crippen molar-refractivity contribution in [3.63, 3.8) is 0 Å². The van der Waals surface area contributed by atoms with E-state index in [1.165, 1.54) is 19.2 Å². The summed E-state index contributed by atoms with van der Waals surface area (Å²) in [5.41, 5.74) is 3.65. The van der Waals surface area contributed by atoms with Crippen molar-refractivity contribution in [1.29, 1.82) is 0 Å². The van der Waals surface area contributed by atoms with E-state index in [0.717, 1.165) is 11.1 Å². The summed E-state index contributed by atoms with van der Waals surface area (Å²) in [5.74, 6) is -1.11. The SMILES string of the molecule is COc1ccc(CC(=O)O)c(CNCCC(=O)OCc2ccccc2)c1-c1ccc(F)cc1. The highest BCUT2D eigenvalue weighted by Crippen LogP contribution is 2.36. The number of hydrogen-bond donors (Lipinski definition) is 2. The summed E-state index contributed by atoms with van der Waals surface area (Å²) in [6.45, 7) is 0.867. The second-order valence-corrected chi connectivity index (χ2v) is 7.43. The largest absolute Gasteiger partial charge is 0.496 e. The van der Waals surface area contributed by atoms with Crippen LogP contribution in [-0.4, -0.2) is 30.7 Å². The molecule has 0 saturated heterocycles. The van der Waals surface area contributed by atoms with E-state index >= 15 is 0 Å². The fourth-order valence-corrected chi connectivity index (χ4v) is 3.52. The number of benzene rings is 3. The van der Waals surface area contributed by atoms with Crippen molar-refractivity contribution in [1.82, 2.24) is 5.32 Å². The molecule has 0 aliphatic rings. The van der Waals surface area contributed by atoms with Gasteiger partial charge in [0.25, 0.3) is 0 Å². The van der Waals surface area contributed by atoms with Gasteiger partial charge in [-0.15, -0.1) is 0 Å². The van der Waals surface area contributed by atoms with Gasteiger partial charge < -0.3 is 19.9 Å². The summed E-state index contributed by atoms with van der Waals surface area (Å²) < 4.78 is 24.3. The average Bonchev–Trinajstić information content (AvgIpc) is 2.82. The van der Waals surface area contributed by atoms with Crippen LogP contribution in [0.4, 0.5) is 4.39 Å². The van der Waals surface area contributed by atoms with E-state index in [4.69, 9.17) is 9.47 Å². The van der Waals surface area contributed by atoms with Gasteiger partial charge in [-0.2, -0.15) is 0 Å². The van der Waals surface area contributed by atoms with Gasteiger partial charge >= 0.3 is 11.9 Å². The zero-order valence-corrected chi connectivity index (χ0v) is 18.3. The Morgan fingerprint density at radius 1 is 1.00 bits per heavy atom. The molecule has 3 rings (SSSR count). The van der Waals surface area contributed by atoms with Crippen LogP contribution in [0.1, 0.15) is 23.1 Å². The van der Waals surface area contributed by atoms with Gasteiger partial charge in [-0.25, -0.2) is 4.39 Å². The lowest BCUT2D eigenvalue weighted by Gasteiger charge is -2.18. The van der Waals surface area contributed by atoms with Gasteiger partial charge in [-0.3, -0.25) is 9.59 Å². The van der Waals surface area contributed by atoms with E-state index in [0.29, 0.717) is 35.5 Å². The zero-order valence-electron chi connectivity index (χ0n) is 18.3. The Balaban J connectivity index is 1.71. The number of esters is 1. The number of halogens is 1. The van der Waals surface area contributed by atoms with E-state index in [9.17, 15) is 19.1 Å². The van der Waals surface area contributed by atoms with Crippen LogP contribution in [0.3, 0.4) is 0 Å². The minimum absolute atomic E-state index is 0.164. The third kappa shape index (κ3) is 6.89. The molecule has 0 unspecified atom stereocenters. The highest BCUT2D eigenvalue weighted by molar-refractivity contribution is 5.78. The van der Waals surface area contributed by atoms with Crippen molar-refractivity contribution >= 4 is 11.9 Å². The molecule has 0 heterocycles. The number of carbonyl (C=O) groups is 2. The first-order chi connectivity index (χ1) is 16.0. The van der Waals surface area contributed by atoms with Crippen molar-refractivity contribution in [2.45, 2.75) is 26.0 Å². The van der Waals surface area contributed by atoms with Gasteiger partial charge in [-0.1, -0.05) is 48.5 Å². The number of aliphatic carboxylic acids is 1. The number of carboxylic acid groups (broad SMARTS) is 1. The maximum absolute atomic E-state index is 13.5. The standard InChI is InChI=1S/C26H26FNO5/c1-32-23-12-9-20(15-24(29)30)22(26(23)19-7-10-21(27)11-8-19)16-28-14-13-25(31)33-17-18-5-3-2-4-6-18/h2-12,28H,13-17H2,1H3,(H,29,30). The molecular formula is C26H26FNO5. The van der Waals surface area contributed by atoms with E-state index in [1.54, 1.807) is 24.3 Å². The molecule has 0 aliphatic carbocycles. The highest BCUT2D eigenvalue weighted by Gasteiger charge is 2.18. The number of ether oxygens (including phenoxy) is 2. The van der Waals surface area contributed by atoms with Crippen LogP contribution in [0.15, 0.2) is 66.7 Å². The van der Waals surface area contributed by atoms with Gasteiger partial charge in [0.1, 0.15) is 18.2 Å². The van der Waals surface area contributed by atoms with Crippen molar-refractivity contribution in [3.05, 3.63) is 89.2 Å². The number of rotatable bonds is 11. The molecule has 3 aromatic rings. The van der Waals surface area contributed by atoms with E-state index in [-0.39, 0.29) is 31.2 Å². The molecule has 0 spiro atoms. The lowest BCUT2D eigenvalue weighted by Crippen LogP contribution is -2.21. The number of carboxylic acids is 1. The van der Waals surface area contributed by atoms with Gasteiger partial charge in [0.05, 0.1) is 20.0 Å². The van der Waals surface area contributed by atoms with Crippen LogP contribution >= 0.6 is 0 Å². The lowest BCUT2D eigenvalue weighted by molar-refractivity contribution is -0.144. The maximum Gasteiger partial charge on any atom is 0.307 e. The Morgan fingerprint density at radius 3 is 2.39 bits per heavy atom. The maximum atomic E-state index is 13.5. The average molecular weight is 451 g/mol. The molecule has 0 saturated carbocycles. The van der Waals surface area contributed by atoms with Gasteiger partial charge in [0.2, 0.25) is 0 Å². The first kappa shape index (κ1) is 23.9. The number of nitrogens with one attached hydrogen (secondary N) is 1. The van der Waals surface area contributed by atoms with Gasteiger partial charge in [-0.05, 0) is 40.5 Å². The molecule has 7 heteroatoms. The summed E-state index contributed by atoms with van der Waals surface area (Å²) in [5, 5.41) is 12.5. The van der Waals surface area contributed by atoms with Crippen LogP contribution in [-0.2, 0) is 33.9 Å². The molecule has 33 heavy (non-hydrogen) atoms. The summed E-state index contributed by atoms with van der Waals surface area (Å²) in [4.78, 5) is 23.5. The zero-order chi connectivity index (χ0) is 23.6. The van der Waals surface area contributed by atoms with Crippen LogP contribution < -0.4 is 10.1 Å². The van der Waals surface area contributed by atoms with E-state index < -0.39 is 5.97 Å². The molecule has 0 radical (unpaired) electrons. The predicted octanol–water partition coefficient (Wildman–Crippen LogP) is 4.35. The Bertz CT molecular complexity index is 1080. The topological polar surface area (TPSA) is 84.9 Å². The number of hydrogen-bond acceptors (Lipinski definition) is 5. The molecule has 3 aromatic carbocycles. The fraction of sp³-hybridized carbons (Fsp3) is 0.231. The third-order valence-corrected chi connectivity index (χ3v) is 5.12. The predicted molar refractivity (Wildman–Crippen MR) is 122 cm³/mol. The molecule has 2 N–H and O–H groups in total. The lowest BCUT2D eigenvalue weighted by atomic mass is 9.92. The third-order valence-electron chi connectivity index (χ3n) is 5.12. The smallest absolute Gasteiger partial charge is 0.307 e. The molecular weight excluding hydrogens is 425 g/mol. The van der Waals surface area contributed by atoms with Crippen LogP contribution in [0.5, 0.6) is 5.75 Å². The second kappa shape index (κ2) is 11.8. The summed E-state index contributed by atoms with van der Waals surface area (Å²) >= 11 is 0. The normalized spacial score (nSPS) is 10.6. The first-order valence-corrected chi connectivity index (χ1v) is 10.5. The fourth-order valence-electron chi connectivity index (χ4n) is 3.52. The Hall–Kier alpha value is -3.71. The molecule has 0 amide bonds. The molecule has 6 nitrogen and oxygen atoms in total. The van der Waals surface area contributed by atoms with Crippen molar-refractivity contribution in [2.75, 3.05) is 13.7 Å². The van der Waals surface area contributed by atoms with Crippen LogP contribution in [0.25, 0.3) is 11.1 Å². The molecule has 0 atom stereocenters. The van der Waals surface area contributed by atoms with Crippen molar-refractivity contribution < 1.29 is 28.6 Å². The van der Waals surface area contributed by atoms with Crippen molar-refractivity contribution in [2.24, 2.45) is 0 Å². The molecule has 0 bridgehead atoms. The molecule has 0 aromatic heterocycles. The van der Waals surface area contributed by atoms with E-state index in [2.05, 4.69) is 5.32 Å². The minimum Gasteiger partial charge on any atom is -0.496 e. The van der Waals surface area contributed by atoms with Crippen LogP contribution in [0, 0.1) is 5.82 Å². The quantitative estimate of drug-likeness (QED) is 0.333. The Morgan fingerprint density at radius 2 is 1.73 bits per heavy atom. The molecule has 172 valence electrons. The first-order valence-electron chi connectivity index (χ1n) is 10.5.